The molecular formula is C40H37N7Si3. The van der Waals surface area contributed by atoms with Gasteiger partial charge in [0.05, 0.1) is 49.2 Å². The van der Waals surface area contributed by atoms with E-state index >= 15 is 0 Å². The van der Waals surface area contributed by atoms with Crippen LogP contribution in [-0.4, -0.2) is 25.2 Å². The van der Waals surface area contributed by atoms with Crippen molar-refractivity contribution in [3.8, 4) is 22.3 Å². The van der Waals surface area contributed by atoms with Gasteiger partial charge in [0.1, 0.15) is 0 Å². The van der Waals surface area contributed by atoms with Crippen LogP contribution < -0.4 is 37.0 Å². The molecule has 10 heteroatoms. The Morgan fingerprint density at radius 1 is 0.380 bits per heavy atom. The Bertz CT molecular complexity index is 2810. The number of fused-ring (bicyclic) bond motifs is 4. The Kier molecular flexibility index (Phi) is 6.74. The highest BCUT2D eigenvalue weighted by Crippen LogP contribution is 2.33. The summed E-state index contributed by atoms with van der Waals surface area (Å²) in [6, 6.07) is 40.8. The fourth-order valence-corrected chi connectivity index (χ4v) is 12.3. The largest absolute Gasteiger partial charge is 0.304 e. The number of nitrogens with zero attached hydrogens (tertiary/aromatic N) is 7. The molecule has 0 fully saturated rings. The Morgan fingerprint density at radius 2 is 0.900 bits per heavy atom. The van der Waals surface area contributed by atoms with Crippen molar-refractivity contribution in [2.45, 2.75) is 39.3 Å². The summed E-state index contributed by atoms with van der Waals surface area (Å²) in [6.07, 6.45) is 0. The number of benzene rings is 6. The number of rotatable bonds is 5. The van der Waals surface area contributed by atoms with Crippen molar-refractivity contribution in [1.29, 1.82) is 0 Å². The number of anilines is 3. The van der Waals surface area contributed by atoms with E-state index in [1.807, 2.05) is 0 Å². The molecule has 9 rings (SSSR count). The molecule has 244 valence electrons. The van der Waals surface area contributed by atoms with Crippen LogP contribution in [0.4, 0.5) is 17.1 Å². The number of hydrogen-bond donors (Lipinski definition) is 0. The zero-order chi connectivity index (χ0) is 34.4. The van der Waals surface area contributed by atoms with Gasteiger partial charge in [0.15, 0.2) is 0 Å². The molecule has 0 saturated carbocycles. The third-order valence-corrected chi connectivity index (χ3v) is 14.1. The van der Waals surface area contributed by atoms with Crippen LogP contribution in [0.1, 0.15) is 0 Å². The van der Waals surface area contributed by atoms with Crippen LogP contribution >= 0.6 is 0 Å². The second-order valence-electron chi connectivity index (χ2n) is 14.7. The van der Waals surface area contributed by atoms with Crippen LogP contribution in [0.3, 0.4) is 0 Å². The minimum absolute atomic E-state index is 0.920. The molecule has 0 amide bonds. The van der Waals surface area contributed by atoms with Crippen molar-refractivity contribution >= 4 is 53.0 Å². The quantitative estimate of drug-likeness (QED) is 0.189. The van der Waals surface area contributed by atoms with Gasteiger partial charge < -0.3 is 4.90 Å². The molecule has 0 aromatic heterocycles. The molecule has 6 aromatic carbocycles. The van der Waals surface area contributed by atoms with E-state index in [4.69, 9.17) is 27.9 Å². The molecular weight excluding hydrogens is 663 g/mol. The zero-order valence-electron chi connectivity index (χ0n) is 29.1. The highest BCUT2D eigenvalue weighted by Gasteiger charge is 2.33. The summed E-state index contributed by atoms with van der Waals surface area (Å²) in [5, 5.41) is 8.04. The highest BCUT2D eigenvalue weighted by molar-refractivity contribution is 6.75. The molecule has 0 N–H and O–H groups in total. The third-order valence-electron chi connectivity index (χ3n) is 9.46. The smallest absolute Gasteiger partial charge is 0.298 e. The molecule has 0 radical (unpaired) electrons. The van der Waals surface area contributed by atoms with Crippen LogP contribution in [0, 0.1) is 0 Å². The zero-order valence-corrected chi connectivity index (χ0v) is 32.1. The molecule has 0 saturated heterocycles. The van der Waals surface area contributed by atoms with Gasteiger partial charge in [-0.3, -0.25) is 27.9 Å². The van der Waals surface area contributed by atoms with Gasteiger partial charge in [-0.1, -0.05) is 84.9 Å². The summed E-state index contributed by atoms with van der Waals surface area (Å²) in [5.41, 5.74) is 7.42. The summed E-state index contributed by atoms with van der Waals surface area (Å²) in [7, 11) is -6.83. The lowest BCUT2D eigenvalue weighted by molar-refractivity contribution is 1.17. The minimum Gasteiger partial charge on any atom is -0.304 e. The predicted molar refractivity (Wildman–Crippen MR) is 209 cm³/mol. The van der Waals surface area contributed by atoms with Gasteiger partial charge in [0.25, 0.3) is 25.2 Å². The van der Waals surface area contributed by atoms with E-state index in [0.717, 1.165) is 65.9 Å². The average molecular weight is 700 g/mol. The van der Waals surface area contributed by atoms with Crippen LogP contribution in [0.15, 0.2) is 143 Å². The summed E-state index contributed by atoms with van der Waals surface area (Å²) < 4.78 is 32.1. The normalized spacial score (nSPS) is 16.8. The molecule has 3 aliphatic heterocycles. The minimum atomic E-state index is -2.34. The first kappa shape index (κ1) is 30.9. The molecule has 3 aliphatic rings. The summed E-state index contributed by atoms with van der Waals surface area (Å²) in [5.74, 6) is 0. The first-order chi connectivity index (χ1) is 24.0. The standard InChI is InChI=1S/C40H37N7Si3/c1-48(2)41-32-20-13-21-33(38(32)44-48)47(34-24-22-29(27-14-8-7-9-15-27)36-39(34)45-49(3,4)42-36)35-25-23-31(37-40(35)46-50(5,6)43-37)30-19-12-17-26-16-10-11-18-28(26)30/h7-25H,1-6H3. The van der Waals surface area contributed by atoms with Crippen LogP contribution in [0.5, 0.6) is 0 Å². The molecule has 6 aromatic rings. The Morgan fingerprint density at radius 3 is 1.62 bits per heavy atom. The molecule has 0 unspecified atom stereocenters. The second kappa shape index (κ2) is 10.9. The molecule has 0 spiro atoms. The SMILES string of the molecule is C[Si]1(C)N=c2cccc(N(c3ccc(-c4ccccc4)c4c3=N[Si](C)(C)N=4)c3ccc(-c4cccc5ccccc45)c4c3=N[Si](C)(C)N=4)c2=N1. The van der Waals surface area contributed by atoms with Crippen molar-refractivity contribution in [2.24, 2.45) is 27.9 Å². The topological polar surface area (TPSA) is 77.4 Å². The van der Waals surface area contributed by atoms with Crippen molar-refractivity contribution in [2.75, 3.05) is 4.90 Å². The summed E-state index contributed by atoms with van der Waals surface area (Å²) in [6.45, 7) is 13.2. The third kappa shape index (κ3) is 5.05. The maximum absolute atomic E-state index is 5.47. The predicted octanol–water partition coefficient (Wildman–Crippen LogP) is 6.51. The second-order valence-corrected chi connectivity index (χ2v) is 25.0. The summed E-state index contributed by atoms with van der Waals surface area (Å²) in [4.78, 5) is 2.33. The molecule has 0 bridgehead atoms. The molecule has 0 atom stereocenters. The van der Waals surface area contributed by atoms with E-state index in [1.165, 1.54) is 16.3 Å². The first-order valence-corrected chi connectivity index (χ1v) is 25.8. The van der Waals surface area contributed by atoms with Gasteiger partial charge in [-0.15, -0.1) is 0 Å². The van der Waals surface area contributed by atoms with Gasteiger partial charge in [-0.25, -0.2) is 0 Å². The Labute approximate surface area is 293 Å². The maximum Gasteiger partial charge on any atom is 0.298 e. The van der Waals surface area contributed by atoms with Crippen LogP contribution in [0.25, 0.3) is 33.0 Å². The van der Waals surface area contributed by atoms with Gasteiger partial charge in [0, 0.05) is 11.1 Å². The Balaban J connectivity index is 1.38. The lowest BCUT2D eigenvalue weighted by atomic mass is 9.97. The van der Waals surface area contributed by atoms with Crippen LogP contribution in [0.2, 0.25) is 39.3 Å². The van der Waals surface area contributed by atoms with Crippen molar-refractivity contribution in [3.05, 3.63) is 147 Å². The van der Waals surface area contributed by atoms with E-state index in [2.05, 4.69) is 159 Å². The molecule has 7 nitrogen and oxygen atoms in total. The first-order valence-electron chi connectivity index (χ1n) is 17.2. The summed E-state index contributed by atoms with van der Waals surface area (Å²) >= 11 is 0. The van der Waals surface area contributed by atoms with Crippen molar-refractivity contribution in [1.82, 2.24) is 0 Å². The molecule has 0 aliphatic carbocycles. The highest BCUT2D eigenvalue weighted by atomic mass is 28.4. The Hall–Kier alpha value is -5.17. The van der Waals surface area contributed by atoms with Crippen molar-refractivity contribution in [3.63, 3.8) is 0 Å². The fourth-order valence-electron chi connectivity index (χ4n) is 7.51. The average Bonchev–Trinajstić information content (AvgIpc) is 3.72. The van der Waals surface area contributed by atoms with Gasteiger partial charge in [-0.05, 0) is 91.5 Å². The lowest BCUT2D eigenvalue weighted by Gasteiger charge is -2.26. The van der Waals surface area contributed by atoms with E-state index in [1.54, 1.807) is 0 Å². The van der Waals surface area contributed by atoms with Gasteiger partial charge in [0.2, 0.25) is 0 Å². The van der Waals surface area contributed by atoms with E-state index < -0.39 is 25.2 Å². The number of hydrogen-bond acceptors (Lipinski definition) is 7. The maximum atomic E-state index is 5.47. The van der Waals surface area contributed by atoms with E-state index in [0.29, 0.717) is 0 Å². The van der Waals surface area contributed by atoms with Crippen molar-refractivity contribution < 1.29 is 0 Å². The lowest BCUT2D eigenvalue weighted by Crippen LogP contribution is -2.38. The van der Waals surface area contributed by atoms with E-state index in [-0.39, 0.29) is 0 Å². The van der Waals surface area contributed by atoms with Crippen LogP contribution in [-0.2, 0) is 0 Å². The molecule has 3 heterocycles. The fraction of sp³-hybridized carbons (Fsp3) is 0.150. The van der Waals surface area contributed by atoms with Gasteiger partial charge >= 0.3 is 0 Å². The molecule has 50 heavy (non-hydrogen) atoms. The van der Waals surface area contributed by atoms with E-state index in [9.17, 15) is 0 Å². The van der Waals surface area contributed by atoms with Gasteiger partial charge in [-0.2, -0.15) is 0 Å². The monoisotopic (exact) mass is 699 g/mol.